The summed E-state index contributed by atoms with van der Waals surface area (Å²) in [5.74, 6) is 5.56. The number of benzene rings is 6. The Labute approximate surface area is 582 Å². The maximum Gasteiger partial charge on any atom is 0.324 e. The largest absolute Gasteiger partial charge is 0.457 e. The fourth-order valence-corrected chi connectivity index (χ4v) is 12.3. The monoisotopic (exact) mass is 1320 g/mol. The predicted molar refractivity (Wildman–Crippen MR) is 388 cm³/mol. The molecule has 5 aliphatic heterocycles. The quantitative estimate of drug-likeness (QED) is 0.0630. The van der Waals surface area contributed by atoms with Crippen LogP contribution < -0.4 is 51.0 Å². The lowest BCUT2D eigenvalue weighted by atomic mass is 9.63. The van der Waals surface area contributed by atoms with Crippen LogP contribution in [0, 0.1) is 72.2 Å². The summed E-state index contributed by atoms with van der Waals surface area (Å²) in [6, 6.07) is 43.1. The molecule has 100 heavy (non-hydrogen) atoms. The first-order valence-corrected chi connectivity index (χ1v) is 32.5. The summed E-state index contributed by atoms with van der Waals surface area (Å²) in [7, 11) is 0. The first-order valence-electron chi connectivity index (χ1n) is 32.5. The summed E-state index contributed by atoms with van der Waals surface area (Å²) >= 11 is 0. The van der Waals surface area contributed by atoms with E-state index < -0.39 is 0 Å². The van der Waals surface area contributed by atoms with Crippen molar-refractivity contribution in [1.29, 1.82) is 5.26 Å². The summed E-state index contributed by atoms with van der Waals surface area (Å²) in [5.41, 5.74) is 17.1. The van der Waals surface area contributed by atoms with Crippen molar-refractivity contribution >= 4 is 84.6 Å². The Morgan fingerprint density at radius 2 is 0.840 bits per heavy atom. The number of fused-ring (bicyclic) bond motifs is 5. The second-order valence-corrected chi connectivity index (χ2v) is 24.6. The molecule has 4 aromatic heterocycles. The van der Waals surface area contributed by atoms with Crippen LogP contribution in [0.3, 0.4) is 0 Å². The summed E-state index contributed by atoms with van der Waals surface area (Å²) in [5, 5.41) is 58.0. The molecule has 0 spiro atoms. The maximum atomic E-state index is 9.79. The standard InChI is InChI=1S/C16H14BNO2.3C15H13BN2O2.C14H12BN3O2/c1-11-9-13(18-2)3-6-16(11)20-14-4-5-15-12(10-14)7-8-17(15)19;1-10-7-12(17-2)9-18-15(10)20-13-3-4-14-11(8-13)5-6-16(14)19;1-10-7-15(18-9-14(10)17-2)20-12-3-4-13-11(8-12)5-6-16(13)19;1-10-2-3-12(9-17)15(18-10)20-13-4-5-14-11(8-13)6-7-16(14)19;1-9-13(16-2)8-17-14(18-9)20-11-3-4-12-10(7-11)5-6-15(12)19/h3-6,9-10,19H,7-8H2,1H3;2*3-4,7-9,19H,5-6H2,1H3;2-5,8,19H,6-7H2,1H3;3-4,7-8,19H,5-6H2,1H3. The van der Waals surface area contributed by atoms with E-state index in [2.05, 4.69) is 50.4 Å². The van der Waals surface area contributed by atoms with Gasteiger partial charge in [-0.3, -0.25) is 0 Å². The molecular formula is C75H65B5N10O10. The molecule has 0 radical (unpaired) electrons. The molecule has 0 saturated carbocycles. The summed E-state index contributed by atoms with van der Waals surface area (Å²) < 4.78 is 28.7. The van der Waals surface area contributed by atoms with Crippen molar-refractivity contribution < 1.29 is 48.8 Å². The highest BCUT2D eigenvalue weighted by molar-refractivity contribution is 6.69. The molecule has 6 aromatic carbocycles. The lowest BCUT2D eigenvalue weighted by molar-refractivity contribution is 0.440. The number of nitrogens with zero attached hydrogens (tertiary/aromatic N) is 10. The number of hydrogen-bond donors (Lipinski definition) is 5. The van der Waals surface area contributed by atoms with Gasteiger partial charge in [0.25, 0.3) is 0 Å². The van der Waals surface area contributed by atoms with Gasteiger partial charge in [-0.05, 0) is 262 Å². The minimum atomic E-state index is -0.370. The molecule has 0 saturated heterocycles. The van der Waals surface area contributed by atoms with Crippen LogP contribution in [0.5, 0.6) is 58.1 Å². The molecule has 0 unspecified atom stereocenters. The molecule has 20 nitrogen and oxygen atoms in total. The van der Waals surface area contributed by atoms with Crippen molar-refractivity contribution in [3.05, 3.63) is 259 Å². The van der Waals surface area contributed by atoms with Crippen LogP contribution in [0.4, 0.5) is 22.7 Å². The topological polar surface area (TPSA) is 253 Å². The number of aryl methyl sites for hydroxylation is 10. The number of aromatic nitrogens is 5. The Balaban J connectivity index is 0.000000126. The summed E-state index contributed by atoms with van der Waals surface area (Å²) in [6.45, 7) is 35.4. The third-order valence-corrected chi connectivity index (χ3v) is 17.7. The number of ether oxygens (including phenoxy) is 5. The molecule has 5 N–H and O–H groups in total. The molecule has 5 aliphatic rings. The SMILES string of the molecule is Cc1ccc(C#N)c(Oc2ccc3c(c2)CCB3O)n1.[C-]#[N+]c1ccc(Oc2ccc3c(c2)CCB3O)c(C)c1.[C-]#[N+]c1cnc(Oc2ccc3c(c2)CCB3O)c(C)c1.[C-]#[N+]c1cnc(Oc2ccc3c(c2)CCB3O)cc1C.[C-]#[N+]c1cnc(Oc2ccc3c(c2)CCB3O)nc1C. The van der Waals surface area contributed by atoms with E-state index in [0.717, 1.165) is 153 Å². The number of nitriles is 1. The van der Waals surface area contributed by atoms with Crippen LogP contribution in [-0.2, 0) is 32.1 Å². The highest BCUT2D eigenvalue weighted by atomic mass is 16.5. The number of pyridine rings is 3. The average Bonchev–Trinajstić information content (AvgIpc) is 1.74. The van der Waals surface area contributed by atoms with Crippen LogP contribution in [0.1, 0.15) is 61.5 Å². The fourth-order valence-electron chi connectivity index (χ4n) is 12.3. The average molecular weight is 1320 g/mol. The van der Waals surface area contributed by atoms with Gasteiger partial charge in [0.05, 0.1) is 32.0 Å². The Morgan fingerprint density at radius 3 is 1.27 bits per heavy atom. The normalized spacial score (nSPS) is 12.9. The lowest BCUT2D eigenvalue weighted by Crippen LogP contribution is -2.25. The lowest BCUT2D eigenvalue weighted by Gasteiger charge is -2.10. The molecule has 0 atom stereocenters. The van der Waals surface area contributed by atoms with Crippen LogP contribution in [0.15, 0.2) is 152 Å². The van der Waals surface area contributed by atoms with E-state index in [1.807, 2.05) is 119 Å². The third-order valence-electron chi connectivity index (χ3n) is 17.7. The Bertz CT molecular complexity index is 4730. The number of rotatable bonds is 10. The highest BCUT2D eigenvalue weighted by Gasteiger charge is 2.29. The third kappa shape index (κ3) is 16.9. The van der Waals surface area contributed by atoms with Gasteiger partial charge in [-0.25, -0.2) is 44.3 Å². The van der Waals surface area contributed by atoms with Gasteiger partial charge in [-0.15, -0.1) is 0 Å². The molecule has 15 rings (SSSR count). The second kappa shape index (κ2) is 31.7. The van der Waals surface area contributed by atoms with E-state index in [-0.39, 0.29) is 40.6 Å². The first kappa shape index (κ1) is 69.8. The van der Waals surface area contributed by atoms with Gasteiger partial charge >= 0.3 is 40.6 Å². The van der Waals surface area contributed by atoms with Gasteiger partial charge in [0, 0.05) is 29.8 Å². The Morgan fingerprint density at radius 1 is 0.400 bits per heavy atom. The molecule has 9 heterocycles. The van der Waals surface area contributed by atoms with Crippen molar-refractivity contribution in [3.8, 4) is 64.2 Å². The molecular weight excluding hydrogens is 1250 g/mol. The fraction of sp³-hybridized carbons (Fsp3) is 0.200. The van der Waals surface area contributed by atoms with Gasteiger partial charge in [-0.1, -0.05) is 36.4 Å². The Kier molecular flexibility index (Phi) is 22.1. The van der Waals surface area contributed by atoms with Gasteiger partial charge in [0.15, 0.2) is 5.69 Å². The van der Waals surface area contributed by atoms with E-state index >= 15 is 0 Å². The molecule has 0 fully saturated rings. The van der Waals surface area contributed by atoms with Crippen LogP contribution >= 0.6 is 0 Å². The Hall–Kier alpha value is -11.6. The van der Waals surface area contributed by atoms with Crippen molar-refractivity contribution in [1.82, 2.24) is 24.9 Å². The van der Waals surface area contributed by atoms with Crippen LogP contribution in [0.2, 0.25) is 31.6 Å². The van der Waals surface area contributed by atoms with Crippen LogP contribution in [0.25, 0.3) is 19.4 Å². The van der Waals surface area contributed by atoms with Gasteiger partial charge < -0.3 is 48.8 Å². The molecule has 0 aliphatic carbocycles. The van der Waals surface area contributed by atoms with E-state index in [1.165, 1.54) is 18.6 Å². The molecule has 0 amide bonds. The van der Waals surface area contributed by atoms with Crippen LogP contribution in [-0.4, -0.2) is 84.6 Å². The van der Waals surface area contributed by atoms with Gasteiger partial charge in [0.2, 0.25) is 34.7 Å². The highest BCUT2D eigenvalue weighted by Crippen LogP contribution is 2.33. The smallest absolute Gasteiger partial charge is 0.324 e. The number of hydrogen-bond acceptors (Lipinski definition) is 16. The zero-order valence-electron chi connectivity index (χ0n) is 55.6. The van der Waals surface area contributed by atoms with E-state index in [0.29, 0.717) is 74.6 Å². The van der Waals surface area contributed by atoms with Crippen molar-refractivity contribution in [2.45, 2.75) is 98.3 Å². The van der Waals surface area contributed by atoms with Gasteiger partial charge in [0.1, 0.15) is 46.1 Å². The zero-order chi connectivity index (χ0) is 70.6. The molecule has 0 bridgehead atoms. The summed E-state index contributed by atoms with van der Waals surface area (Å²) in [6.07, 6.45) is 12.7. The second-order valence-electron chi connectivity index (χ2n) is 24.6. The molecule has 10 aromatic rings. The van der Waals surface area contributed by atoms with Gasteiger partial charge in [-0.2, -0.15) is 5.26 Å². The predicted octanol–water partition coefficient (Wildman–Crippen LogP) is 11.7. The van der Waals surface area contributed by atoms with Crippen molar-refractivity contribution in [2.75, 3.05) is 0 Å². The minimum absolute atomic E-state index is 0.230. The zero-order valence-corrected chi connectivity index (χ0v) is 55.6. The van der Waals surface area contributed by atoms with Crippen molar-refractivity contribution in [2.24, 2.45) is 0 Å². The van der Waals surface area contributed by atoms with E-state index in [1.54, 1.807) is 49.4 Å². The van der Waals surface area contributed by atoms with E-state index in [4.69, 9.17) is 55.2 Å². The summed E-state index contributed by atoms with van der Waals surface area (Å²) in [4.78, 5) is 34.2. The molecule has 490 valence electrons. The minimum Gasteiger partial charge on any atom is -0.457 e. The molecule has 25 heteroatoms. The maximum absolute atomic E-state index is 9.79. The first-order chi connectivity index (χ1) is 48.3. The van der Waals surface area contributed by atoms with E-state index in [9.17, 15) is 25.1 Å². The van der Waals surface area contributed by atoms with Crippen molar-refractivity contribution in [3.63, 3.8) is 0 Å².